The van der Waals surface area contributed by atoms with Crippen molar-refractivity contribution in [2.24, 2.45) is 0 Å². The SMILES string of the molecule is COc1cc(C(=O)N[C@@H]2CCN(C)C[C@@H]2F)c(F)cc1Nc1ncc(Cl)c(Oc2cccc3c2C(=O)N(C)C3)n1. The summed E-state index contributed by atoms with van der Waals surface area (Å²) in [4.78, 5) is 37.2. The van der Waals surface area contributed by atoms with Gasteiger partial charge in [-0.2, -0.15) is 4.98 Å². The summed E-state index contributed by atoms with van der Waals surface area (Å²) >= 11 is 6.27. The van der Waals surface area contributed by atoms with Gasteiger partial charge in [-0.3, -0.25) is 9.59 Å². The van der Waals surface area contributed by atoms with Crippen molar-refractivity contribution in [1.82, 2.24) is 25.1 Å². The van der Waals surface area contributed by atoms with Crippen LogP contribution in [0.5, 0.6) is 17.4 Å². The molecule has 1 saturated heterocycles. The lowest BCUT2D eigenvalue weighted by molar-refractivity contribution is 0.0810. The average molecular weight is 573 g/mol. The zero-order valence-electron chi connectivity index (χ0n) is 22.0. The van der Waals surface area contributed by atoms with Gasteiger partial charge in [-0.15, -0.1) is 0 Å². The number of piperidine rings is 1. The molecule has 2 aliphatic heterocycles. The maximum absolute atomic E-state index is 15.1. The Labute approximate surface area is 234 Å². The van der Waals surface area contributed by atoms with Crippen LogP contribution >= 0.6 is 11.6 Å². The molecule has 1 aromatic heterocycles. The number of aromatic nitrogens is 2. The van der Waals surface area contributed by atoms with Gasteiger partial charge in [0.15, 0.2) is 0 Å². The van der Waals surface area contributed by atoms with E-state index in [-0.39, 0.29) is 52.1 Å². The largest absolute Gasteiger partial charge is 0.495 e. The Morgan fingerprint density at radius 1 is 1.23 bits per heavy atom. The van der Waals surface area contributed by atoms with Crippen LogP contribution < -0.4 is 20.1 Å². The van der Waals surface area contributed by atoms with Crippen LogP contribution in [0.3, 0.4) is 0 Å². The standard InChI is InChI=1S/C27H27ClF2N6O4/c1-35-8-7-19(18(30)13-35)32-24(37)15-9-22(39-3)20(10-17(15)29)33-27-31-11-16(28)25(34-27)40-21-6-4-5-14-12-36(2)26(38)23(14)21/h4-6,9-11,18-19H,7-8,12-13H2,1-3H3,(H,32,37)(H,31,33,34)/t18-,19+/m0/s1. The van der Waals surface area contributed by atoms with Gasteiger partial charge in [0.1, 0.15) is 28.5 Å². The Morgan fingerprint density at radius 2 is 2.02 bits per heavy atom. The first-order valence-electron chi connectivity index (χ1n) is 12.5. The number of likely N-dealkylation sites (tertiary alicyclic amines) is 1. The molecular weight excluding hydrogens is 546 g/mol. The molecule has 0 radical (unpaired) electrons. The number of anilines is 2. The van der Waals surface area contributed by atoms with Crippen molar-refractivity contribution in [3.63, 3.8) is 0 Å². The van der Waals surface area contributed by atoms with E-state index in [1.165, 1.54) is 19.4 Å². The number of nitrogens with one attached hydrogen (secondary N) is 2. The normalized spacial score (nSPS) is 18.9. The molecule has 13 heteroatoms. The molecular formula is C27H27ClF2N6O4. The highest BCUT2D eigenvalue weighted by Crippen LogP contribution is 2.36. The van der Waals surface area contributed by atoms with Gasteiger partial charge < -0.3 is 29.9 Å². The summed E-state index contributed by atoms with van der Waals surface area (Å²) in [5, 5.41) is 5.52. The summed E-state index contributed by atoms with van der Waals surface area (Å²) in [6.45, 7) is 1.26. The third kappa shape index (κ3) is 5.50. The van der Waals surface area contributed by atoms with Crippen LogP contribution in [0.1, 0.15) is 32.7 Å². The van der Waals surface area contributed by atoms with Crippen LogP contribution in [0.15, 0.2) is 36.5 Å². The Balaban J connectivity index is 1.36. The number of rotatable bonds is 7. The summed E-state index contributed by atoms with van der Waals surface area (Å²) < 4.78 is 40.7. The average Bonchev–Trinajstić information content (AvgIpc) is 3.21. The number of alkyl halides is 1. The predicted octanol–water partition coefficient (Wildman–Crippen LogP) is 4.17. The van der Waals surface area contributed by atoms with Crippen molar-refractivity contribution in [2.75, 3.05) is 39.6 Å². The van der Waals surface area contributed by atoms with E-state index < -0.39 is 23.9 Å². The van der Waals surface area contributed by atoms with Gasteiger partial charge in [0.2, 0.25) is 11.8 Å². The molecule has 3 heterocycles. The second-order valence-corrected chi connectivity index (χ2v) is 10.1. The van der Waals surface area contributed by atoms with Crippen LogP contribution in [-0.4, -0.2) is 78.1 Å². The van der Waals surface area contributed by atoms with Crippen molar-refractivity contribution in [2.45, 2.75) is 25.2 Å². The summed E-state index contributed by atoms with van der Waals surface area (Å²) in [7, 11) is 4.85. The molecule has 210 valence electrons. The van der Waals surface area contributed by atoms with E-state index in [0.29, 0.717) is 25.1 Å². The Hall–Kier alpha value is -4.03. The Bertz CT molecular complexity index is 1480. The number of benzene rings is 2. The second-order valence-electron chi connectivity index (χ2n) is 9.70. The number of carbonyl (C=O) groups excluding carboxylic acids is 2. The van der Waals surface area contributed by atoms with Crippen LogP contribution in [-0.2, 0) is 6.54 Å². The van der Waals surface area contributed by atoms with E-state index in [9.17, 15) is 14.0 Å². The monoisotopic (exact) mass is 572 g/mol. The molecule has 0 spiro atoms. The van der Waals surface area contributed by atoms with E-state index in [2.05, 4.69) is 20.6 Å². The van der Waals surface area contributed by atoms with Gasteiger partial charge in [0, 0.05) is 32.7 Å². The molecule has 3 aromatic rings. The van der Waals surface area contributed by atoms with Crippen molar-refractivity contribution < 1.29 is 27.8 Å². The first-order chi connectivity index (χ1) is 19.1. The number of carbonyl (C=O) groups is 2. The third-order valence-corrected chi connectivity index (χ3v) is 7.10. The van der Waals surface area contributed by atoms with Crippen LogP contribution in [0.4, 0.5) is 20.4 Å². The van der Waals surface area contributed by atoms with E-state index >= 15 is 4.39 Å². The molecule has 40 heavy (non-hydrogen) atoms. The molecule has 2 aliphatic rings. The molecule has 5 rings (SSSR count). The molecule has 0 aliphatic carbocycles. The van der Waals surface area contributed by atoms with Gasteiger partial charge in [0.25, 0.3) is 11.8 Å². The smallest absolute Gasteiger partial charge is 0.258 e. The predicted molar refractivity (Wildman–Crippen MR) is 144 cm³/mol. The van der Waals surface area contributed by atoms with Gasteiger partial charge in [-0.1, -0.05) is 23.7 Å². The van der Waals surface area contributed by atoms with Crippen molar-refractivity contribution in [3.05, 3.63) is 64.1 Å². The lowest BCUT2D eigenvalue weighted by Gasteiger charge is -2.32. The summed E-state index contributed by atoms with van der Waals surface area (Å²) in [6.07, 6.45) is 0.447. The van der Waals surface area contributed by atoms with Crippen LogP contribution in [0.25, 0.3) is 0 Å². The Morgan fingerprint density at radius 3 is 2.77 bits per heavy atom. The first kappa shape index (κ1) is 27.5. The number of hydrogen-bond donors (Lipinski definition) is 2. The minimum atomic E-state index is -1.26. The minimum Gasteiger partial charge on any atom is -0.495 e. The number of nitrogens with zero attached hydrogens (tertiary/aromatic N) is 4. The van der Waals surface area contributed by atoms with Crippen LogP contribution in [0.2, 0.25) is 5.02 Å². The fourth-order valence-corrected chi connectivity index (χ4v) is 4.85. The highest BCUT2D eigenvalue weighted by atomic mass is 35.5. The Kier molecular flexibility index (Phi) is 7.72. The van der Waals surface area contributed by atoms with Crippen molar-refractivity contribution >= 4 is 35.1 Å². The van der Waals surface area contributed by atoms with Gasteiger partial charge in [-0.05, 0) is 31.2 Å². The van der Waals surface area contributed by atoms with Crippen LogP contribution in [0, 0.1) is 5.82 Å². The zero-order chi connectivity index (χ0) is 28.6. The maximum atomic E-state index is 15.1. The number of ether oxygens (including phenoxy) is 2. The van der Waals surface area contributed by atoms with E-state index in [1.807, 2.05) is 11.0 Å². The molecule has 0 saturated carbocycles. The summed E-state index contributed by atoms with van der Waals surface area (Å²) in [6, 6.07) is 6.81. The lowest BCUT2D eigenvalue weighted by atomic mass is 10.0. The van der Waals surface area contributed by atoms with Gasteiger partial charge in [0.05, 0.1) is 36.2 Å². The topological polar surface area (TPSA) is 109 Å². The second kappa shape index (κ2) is 11.2. The molecule has 1 fully saturated rings. The molecule has 0 unspecified atom stereocenters. The van der Waals surface area contributed by atoms with Crippen molar-refractivity contribution in [1.29, 1.82) is 0 Å². The van der Waals surface area contributed by atoms with Crippen molar-refractivity contribution in [3.8, 4) is 17.4 Å². The highest BCUT2D eigenvalue weighted by Gasteiger charge is 2.31. The number of methoxy groups -OCH3 is 1. The molecule has 0 bridgehead atoms. The molecule has 2 amide bonds. The molecule has 2 aromatic carbocycles. The fraction of sp³-hybridized carbons (Fsp3) is 0.333. The lowest BCUT2D eigenvalue weighted by Crippen LogP contribution is -2.51. The van der Waals surface area contributed by atoms with Gasteiger partial charge in [-0.25, -0.2) is 13.8 Å². The first-order valence-corrected chi connectivity index (χ1v) is 12.9. The molecule has 2 N–H and O–H groups in total. The highest BCUT2D eigenvalue weighted by molar-refractivity contribution is 6.31. The van der Waals surface area contributed by atoms with E-state index in [1.54, 1.807) is 31.1 Å². The number of amides is 2. The summed E-state index contributed by atoms with van der Waals surface area (Å²) in [5.41, 5.74) is 1.08. The minimum absolute atomic E-state index is 0.00285. The van der Waals surface area contributed by atoms with Gasteiger partial charge >= 0.3 is 0 Å². The molecule has 2 atom stereocenters. The zero-order valence-corrected chi connectivity index (χ0v) is 22.8. The number of fused-ring (bicyclic) bond motifs is 1. The summed E-state index contributed by atoms with van der Waals surface area (Å²) in [5.74, 6) is -1.39. The van der Waals surface area contributed by atoms with E-state index in [0.717, 1.165) is 11.6 Å². The number of hydrogen-bond acceptors (Lipinski definition) is 8. The number of halogens is 3. The maximum Gasteiger partial charge on any atom is 0.258 e. The quantitative estimate of drug-likeness (QED) is 0.434. The molecule has 10 nitrogen and oxygen atoms in total. The van der Waals surface area contributed by atoms with E-state index in [4.69, 9.17) is 21.1 Å². The third-order valence-electron chi connectivity index (χ3n) is 6.84. The fourth-order valence-electron chi connectivity index (χ4n) is 4.72.